The van der Waals surface area contributed by atoms with Gasteiger partial charge in [-0.25, -0.2) is 5.01 Å². The van der Waals surface area contributed by atoms with E-state index in [4.69, 9.17) is 4.74 Å². The summed E-state index contributed by atoms with van der Waals surface area (Å²) in [4.78, 5) is 0. The van der Waals surface area contributed by atoms with Gasteiger partial charge in [-0.1, -0.05) is 0 Å². The lowest BCUT2D eigenvalue weighted by Crippen LogP contribution is -2.09. The van der Waals surface area contributed by atoms with E-state index in [0.717, 1.165) is 13.2 Å². The van der Waals surface area contributed by atoms with E-state index in [1.807, 2.05) is 6.20 Å². The molecule has 2 rings (SSSR count). The molecule has 50 valence electrons. The Labute approximate surface area is 54.3 Å². The highest BCUT2D eigenvalue weighted by Gasteiger charge is 2.40. The van der Waals surface area contributed by atoms with Crippen molar-refractivity contribution in [3.63, 3.8) is 0 Å². The Kier molecular flexibility index (Phi) is 1.00. The largest absolute Gasteiger partial charge is 0.380 e. The van der Waals surface area contributed by atoms with E-state index in [0.29, 0.717) is 6.04 Å². The van der Waals surface area contributed by atoms with Crippen LogP contribution < -0.4 is 5.43 Å². The van der Waals surface area contributed by atoms with Crippen LogP contribution >= 0.6 is 0 Å². The van der Waals surface area contributed by atoms with Gasteiger partial charge in [0.1, 0.15) is 0 Å². The van der Waals surface area contributed by atoms with Crippen molar-refractivity contribution >= 4 is 0 Å². The van der Waals surface area contributed by atoms with Crippen molar-refractivity contribution in [2.24, 2.45) is 0 Å². The summed E-state index contributed by atoms with van der Waals surface area (Å²) in [6.07, 6.45) is 2.03. The summed E-state index contributed by atoms with van der Waals surface area (Å²) in [6.45, 7) is 1.93. The Bertz CT molecular complexity index is 155. The molecule has 2 aliphatic heterocycles. The zero-order chi connectivity index (χ0) is 6.27. The molecule has 0 saturated carbocycles. The van der Waals surface area contributed by atoms with Gasteiger partial charge in [0.2, 0.25) is 0 Å². The van der Waals surface area contributed by atoms with Gasteiger partial charge in [-0.05, 0) is 5.57 Å². The second kappa shape index (κ2) is 1.72. The first-order valence-corrected chi connectivity index (χ1v) is 3.12. The molecule has 0 aliphatic carbocycles. The van der Waals surface area contributed by atoms with Crippen LogP contribution in [0.15, 0.2) is 11.8 Å². The Morgan fingerprint density at radius 3 is 3.33 bits per heavy atom. The molecule has 0 spiro atoms. The van der Waals surface area contributed by atoms with Crippen LogP contribution in [0.4, 0.5) is 0 Å². The quantitative estimate of drug-likeness (QED) is 0.515. The lowest BCUT2D eigenvalue weighted by molar-refractivity contribution is 0.223. The molecule has 0 aromatic rings. The number of nitrogens with one attached hydrogen (secondary N) is 1. The van der Waals surface area contributed by atoms with Crippen LogP contribution in [-0.4, -0.2) is 31.3 Å². The number of nitrogens with zero attached hydrogens (tertiary/aromatic N) is 1. The van der Waals surface area contributed by atoms with Crippen LogP contribution in [0.3, 0.4) is 0 Å². The highest BCUT2D eigenvalue weighted by Crippen LogP contribution is 2.26. The number of methoxy groups -OCH3 is 1. The second-order valence-corrected chi connectivity index (χ2v) is 2.45. The molecule has 0 amide bonds. The van der Waals surface area contributed by atoms with Crippen LogP contribution in [0.25, 0.3) is 0 Å². The number of hydrogen-bond acceptors (Lipinski definition) is 3. The topological polar surface area (TPSA) is 24.3 Å². The number of hydrogen-bond donors (Lipinski definition) is 1. The molecule has 9 heavy (non-hydrogen) atoms. The first kappa shape index (κ1) is 5.26. The van der Waals surface area contributed by atoms with E-state index in [9.17, 15) is 0 Å². The summed E-state index contributed by atoms with van der Waals surface area (Å²) < 4.78 is 4.99. The zero-order valence-electron chi connectivity index (χ0n) is 5.42. The second-order valence-electron chi connectivity index (χ2n) is 2.45. The molecule has 3 heteroatoms. The average Bonchev–Trinajstić information content (AvgIpc) is 2.54. The SMILES string of the molecule is COCC1=CNN2CC12. The van der Waals surface area contributed by atoms with Crippen molar-refractivity contribution in [1.82, 2.24) is 10.4 Å². The summed E-state index contributed by atoms with van der Waals surface area (Å²) in [5.41, 5.74) is 4.49. The normalized spacial score (nSPS) is 37.2. The minimum Gasteiger partial charge on any atom is -0.380 e. The molecule has 0 radical (unpaired) electrons. The summed E-state index contributed by atoms with van der Waals surface area (Å²) in [5, 5.41) is 2.17. The van der Waals surface area contributed by atoms with Gasteiger partial charge in [0, 0.05) is 19.9 Å². The highest BCUT2D eigenvalue weighted by atomic mass is 16.5. The zero-order valence-corrected chi connectivity index (χ0v) is 5.42. The Morgan fingerprint density at radius 1 is 2.00 bits per heavy atom. The first-order chi connectivity index (χ1) is 4.42. The molecule has 3 nitrogen and oxygen atoms in total. The van der Waals surface area contributed by atoms with Crippen molar-refractivity contribution in [2.45, 2.75) is 6.04 Å². The van der Waals surface area contributed by atoms with Crippen LogP contribution in [0.1, 0.15) is 0 Å². The maximum absolute atomic E-state index is 4.99. The van der Waals surface area contributed by atoms with Crippen molar-refractivity contribution in [2.75, 3.05) is 20.3 Å². The van der Waals surface area contributed by atoms with E-state index < -0.39 is 0 Å². The molecule has 2 unspecified atom stereocenters. The summed E-state index contributed by atoms with van der Waals surface area (Å²) in [5.74, 6) is 0. The fourth-order valence-corrected chi connectivity index (χ4v) is 1.17. The number of rotatable bonds is 2. The minimum absolute atomic E-state index is 0.657. The Balaban J connectivity index is 1.96. The molecule has 2 heterocycles. The molecular formula is C6H10N2O. The van der Waals surface area contributed by atoms with Gasteiger partial charge in [-0.15, -0.1) is 0 Å². The molecule has 2 atom stereocenters. The van der Waals surface area contributed by atoms with Gasteiger partial charge in [-0.3, -0.25) is 0 Å². The lowest BCUT2D eigenvalue weighted by atomic mass is 10.2. The minimum atomic E-state index is 0.657. The number of hydrazine groups is 1. The molecule has 2 aliphatic rings. The number of ether oxygens (including phenoxy) is 1. The highest BCUT2D eigenvalue weighted by molar-refractivity contribution is 5.23. The van der Waals surface area contributed by atoms with Gasteiger partial charge in [0.05, 0.1) is 12.6 Å². The maximum Gasteiger partial charge on any atom is 0.0706 e. The summed E-state index contributed by atoms with van der Waals surface area (Å²) >= 11 is 0. The number of fused-ring (bicyclic) bond motifs is 1. The Hall–Kier alpha value is -0.540. The monoisotopic (exact) mass is 126 g/mol. The maximum atomic E-state index is 4.99. The van der Waals surface area contributed by atoms with Gasteiger partial charge in [0.15, 0.2) is 0 Å². The van der Waals surface area contributed by atoms with Crippen LogP contribution in [-0.2, 0) is 4.74 Å². The van der Waals surface area contributed by atoms with E-state index in [2.05, 4.69) is 10.4 Å². The third-order valence-electron chi connectivity index (χ3n) is 1.77. The van der Waals surface area contributed by atoms with Gasteiger partial charge < -0.3 is 10.2 Å². The van der Waals surface area contributed by atoms with Crippen LogP contribution in [0.2, 0.25) is 0 Å². The lowest BCUT2D eigenvalue weighted by Gasteiger charge is -1.95. The van der Waals surface area contributed by atoms with Gasteiger partial charge in [-0.2, -0.15) is 0 Å². The fourth-order valence-electron chi connectivity index (χ4n) is 1.17. The standard InChI is InChI=1S/C6H10N2O/c1-9-4-5-2-7-8-3-6(5)8/h2,6-7H,3-4H2,1H3. The van der Waals surface area contributed by atoms with Crippen molar-refractivity contribution in [3.05, 3.63) is 11.8 Å². The first-order valence-electron chi connectivity index (χ1n) is 3.12. The average molecular weight is 126 g/mol. The van der Waals surface area contributed by atoms with E-state index in [1.165, 1.54) is 5.57 Å². The van der Waals surface area contributed by atoms with E-state index in [-0.39, 0.29) is 0 Å². The third-order valence-corrected chi connectivity index (χ3v) is 1.77. The van der Waals surface area contributed by atoms with Crippen molar-refractivity contribution < 1.29 is 4.74 Å². The van der Waals surface area contributed by atoms with Crippen LogP contribution in [0.5, 0.6) is 0 Å². The molecule has 1 saturated heterocycles. The third kappa shape index (κ3) is 0.730. The smallest absolute Gasteiger partial charge is 0.0706 e. The van der Waals surface area contributed by atoms with Crippen molar-refractivity contribution in [3.8, 4) is 0 Å². The van der Waals surface area contributed by atoms with Gasteiger partial charge in [0.25, 0.3) is 0 Å². The van der Waals surface area contributed by atoms with E-state index in [1.54, 1.807) is 7.11 Å². The van der Waals surface area contributed by atoms with Crippen molar-refractivity contribution in [1.29, 1.82) is 0 Å². The molecule has 1 N–H and O–H groups in total. The summed E-state index contributed by atoms with van der Waals surface area (Å²) in [6, 6.07) is 0.657. The van der Waals surface area contributed by atoms with Crippen LogP contribution in [0, 0.1) is 0 Å². The molecule has 0 aromatic carbocycles. The molecule has 0 aromatic heterocycles. The summed E-state index contributed by atoms with van der Waals surface area (Å²) in [7, 11) is 1.73. The van der Waals surface area contributed by atoms with Gasteiger partial charge >= 0.3 is 0 Å². The fraction of sp³-hybridized carbons (Fsp3) is 0.667. The predicted molar refractivity (Wildman–Crippen MR) is 33.6 cm³/mol. The Morgan fingerprint density at radius 2 is 2.89 bits per heavy atom. The van der Waals surface area contributed by atoms with E-state index >= 15 is 0 Å². The molecule has 0 bridgehead atoms. The molecule has 1 fully saturated rings. The predicted octanol–water partition coefficient (Wildman–Crippen LogP) is -0.281. The molecular weight excluding hydrogens is 116 g/mol.